The van der Waals surface area contributed by atoms with Crippen LogP contribution in [0.2, 0.25) is 0 Å². The maximum atomic E-state index is 14.4. The summed E-state index contributed by atoms with van der Waals surface area (Å²) < 4.78 is 25.1. The summed E-state index contributed by atoms with van der Waals surface area (Å²) in [5.74, 6) is 0.0771. The fraction of sp³-hybridized carbons (Fsp3) is 0.435. The third-order valence-electron chi connectivity index (χ3n) is 6.32. The Hall–Kier alpha value is -3.42. The van der Waals surface area contributed by atoms with Crippen LogP contribution >= 0.6 is 11.3 Å². The van der Waals surface area contributed by atoms with Gasteiger partial charge in [0.15, 0.2) is 11.9 Å². The first-order valence-electron chi connectivity index (χ1n) is 11.6. The van der Waals surface area contributed by atoms with Gasteiger partial charge in [0.05, 0.1) is 11.8 Å². The molecule has 2 aliphatic rings. The van der Waals surface area contributed by atoms with E-state index >= 15 is 0 Å². The molecule has 36 heavy (non-hydrogen) atoms. The number of anilines is 4. The van der Waals surface area contributed by atoms with Crippen molar-refractivity contribution in [3.05, 3.63) is 47.9 Å². The van der Waals surface area contributed by atoms with E-state index in [4.69, 9.17) is 9.47 Å². The van der Waals surface area contributed by atoms with Gasteiger partial charge in [-0.15, -0.1) is 15.3 Å². The lowest BCUT2D eigenvalue weighted by molar-refractivity contribution is -0.126. The van der Waals surface area contributed by atoms with Gasteiger partial charge in [0.25, 0.3) is 5.91 Å². The predicted molar refractivity (Wildman–Crippen MR) is 134 cm³/mol. The Morgan fingerprint density at radius 2 is 1.97 bits per heavy atom. The Morgan fingerprint density at radius 1 is 1.14 bits per heavy atom. The van der Waals surface area contributed by atoms with Crippen molar-refractivity contribution in [3.63, 3.8) is 0 Å². The zero-order chi connectivity index (χ0) is 25.1. The number of carbonyl (C=O) groups is 1. The number of halogens is 1. The molecule has 190 valence electrons. The number of benzene rings is 1. The van der Waals surface area contributed by atoms with Crippen molar-refractivity contribution in [1.82, 2.24) is 20.4 Å². The minimum Gasteiger partial charge on any atom is -0.378 e. The molecule has 1 aromatic carbocycles. The van der Waals surface area contributed by atoms with Crippen LogP contribution in [0.3, 0.4) is 0 Å². The Kier molecular flexibility index (Phi) is 7.20. The molecule has 13 heteroatoms. The van der Waals surface area contributed by atoms with Crippen LogP contribution < -0.4 is 20.4 Å². The van der Waals surface area contributed by atoms with Crippen molar-refractivity contribution >= 4 is 39.0 Å². The molecule has 2 atom stereocenters. The fourth-order valence-corrected chi connectivity index (χ4v) is 5.06. The van der Waals surface area contributed by atoms with Crippen molar-refractivity contribution in [3.8, 4) is 0 Å². The van der Waals surface area contributed by atoms with Crippen LogP contribution in [0.4, 0.5) is 26.2 Å². The number of carbonyl (C=O) groups excluding carboxylic acids is 1. The highest BCUT2D eigenvalue weighted by Crippen LogP contribution is 2.31. The number of ether oxygens (including phenoxy) is 2. The van der Waals surface area contributed by atoms with Gasteiger partial charge in [0.2, 0.25) is 10.3 Å². The normalized spacial score (nSPS) is 18.7. The molecule has 0 radical (unpaired) electrons. The molecule has 1 amide bonds. The third-order valence-corrected chi connectivity index (χ3v) is 7.09. The summed E-state index contributed by atoms with van der Waals surface area (Å²) in [4.78, 5) is 17.0. The molecular weight excluding hydrogens is 487 g/mol. The van der Waals surface area contributed by atoms with Crippen LogP contribution in [0.25, 0.3) is 0 Å². The molecule has 2 fully saturated rings. The lowest BCUT2D eigenvalue weighted by Gasteiger charge is -2.40. The van der Waals surface area contributed by atoms with Crippen molar-refractivity contribution in [1.29, 1.82) is 0 Å². The quantitative estimate of drug-likeness (QED) is 0.440. The molecule has 2 aromatic heterocycles. The number of hydrogen-bond donors (Lipinski definition) is 2. The topological polar surface area (TPSA) is 118 Å². The Balaban J connectivity index is 1.19. The van der Waals surface area contributed by atoms with E-state index in [2.05, 4.69) is 35.9 Å². The number of rotatable bonds is 9. The van der Waals surface area contributed by atoms with Crippen molar-refractivity contribution in [2.24, 2.45) is 0 Å². The molecule has 4 heterocycles. The Labute approximate surface area is 211 Å². The minimum atomic E-state index is -0.931. The zero-order valence-electron chi connectivity index (χ0n) is 19.9. The smallest absolute Gasteiger partial charge is 0.259 e. The van der Waals surface area contributed by atoms with E-state index in [1.807, 2.05) is 17.0 Å². The Bertz CT molecular complexity index is 1190. The molecule has 2 saturated heterocycles. The Morgan fingerprint density at radius 3 is 2.72 bits per heavy atom. The van der Waals surface area contributed by atoms with E-state index < -0.39 is 12.0 Å². The van der Waals surface area contributed by atoms with Gasteiger partial charge in [0, 0.05) is 52.6 Å². The molecule has 0 spiro atoms. The second-order valence-electron chi connectivity index (χ2n) is 8.65. The van der Waals surface area contributed by atoms with E-state index in [1.54, 1.807) is 25.4 Å². The average Bonchev–Trinajstić information content (AvgIpc) is 3.51. The van der Waals surface area contributed by atoms with E-state index in [0.717, 1.165) is 25.3 Å². The molecule has 0 aliphatic carbocycles. The van der Waals surface area contributed by atoms with Crippen molar-refractivity contribution < 1.29 is 18.7 Å². The van der Waals surface area contributed by atoms with Crippen LogP contribution in [0.5, 0.6) is 0 Å². The maximum Gasteiger partial charge on any atom is 0.259 e. The van der Waals surface area contributed by atoms with Gasteiger partial charge in [0.1, 0.15) is 5.82 Å². The average molecular weight is 515 g/mol. The largest absolute Gasteiger partial charge is 0.378 e. The summed E-state index contributed by atoms with van der Waals surface area (Å²) in [7, 11) is 3.07. The number of methoxy groups -OCH3 is 2. The minimum absolute atomic E-state index is 0.0779. The molecule has 3 aromatic rings. The van der Waals surface area contributed by atoms with Gasteiger partial charge in [-0.1, -0.05) is 17.4 Å². The summed E-state index contributed by atoms with van der Waals surface area (Å²) in [5.41, 5.74) is 0.968. The molecule has 2 aliphatic heterocycles. The van der Waals surface area contributed by atoms with Crippen LogP contribution in [0.1, 0.15) is 18.1 Å². The molecule has 11 nitrogen and oxygen atoms in total. The predicted octanol–water partition coefficient (Wildman–Crippen LogP) is 2.32. The lowest BCUT2D eigenvalue weighted by atomic mass is 10.0. The summed E-state index contributed by atoms with van der Waals surface area (Å²) >= 11 is 1.24. The summed E-state index contributed by atoms with van der Waals surface area (Å²) in [6, 6.07) is 8.52. The van der Waals surface area contributed by atoms with E-state index in [-0.39, 0.29) is 18.0 Å². The first-order valence-corrected chi connectivity index (χ1v) is 12.4. The van der Waals surface area contributed by atoms with Gasteiger partial charge >= 0.3 is 0 Å². The number of amides is 1. The highest BCUT2D eigenvalue weighted by molar-refractivity contribution is 7.19. The molecule has 5 rings (SSSR count). The van der Waals surface area contributed by atoms with Crippen LogP contribution in [-0.2, 0) is 14.3 Å². The second-order valence-corrected chi connectivity index (χ2v) is 9.63. The van der Waals surface area contributed by atoms with E-state index in [0.29, 0.717) is 34.6 Å². The highest BCUT2D eigenvalue weighted by Gasteiger charge is 2.30. The number of hydrogen-bond acceptors (Lipinski definition) is 11. The summed E-state index contributed by atoms with van der Waals surface area (Å²) in [6.45, 7) is 2.82. The van der Waals surface area contributed by atoms with Crippen molar-refractivity contribution in [2.75, 3.05) is 60.8 Å². The number of nitrogens with one attached hydrogen (secondary N) is 2. The lowest BCUT2D eigenvalue weighted by Crippen LogP contribution is -2.52. The molecule has 0 unspecified atom stereocenters. The first-order chi connectivity index (χ1) is 17.5. The number of aromatic nitrogens is 4. The summed E-state index contributed by atoms with van der Waals surface area (Å²) in [6.07, 6.45) is 1.71. The third kappa shape index (κ3) is 5.22. The fourth-order valence-electron chi connectivity index (χ4n) is 4.34. The van der Waals surface area contributed by atoms with Crippen LogP contribution in [0, 0.1) is 5.82 Å². The van der Waals surface area contributed by atoms with Gasteiger partial charge in [-0.3, -0.25) is 10.1 Å². The molecule has 0 saturated carbocycles. The van der Waals surface area contributed by atoms with Crippen LogP contribution in [0.15, 0.2) is 36.5 Å². The van der Waals surface area contributed by atoms with Gasteiger partial charge in [-0.2, -0.15) is 5.10 Å². The number of nitrogens with zero attached hydrogens (tertiary/aromatic N) is 6. The monoisotopic (exact) mass is 514 g/mol. The maximum absolute atomic E-state index is 14.4. The van der Waals surface area contributed by atoms with Crippen LogP contribution in [-0.4, -0.2) is 78.8 Å². The SMILES string of the molecule is COC1CN(c2cc([C@@H](OC)C(=O)Nc3nnc(N[C@@H]4CCN(c5cccnn5)C4)s3)ccc2F)C1. The molecule has 2 N–H and O–H groups in total. The van der Waals surface area contributed by atoms with E-state index in [9.17, 15) is 9.18 Å². The molecular formula is C23H27FN8O3S. The van der Waals surface area contributed by atoms with Gasteiger partial charge < -0.3 is 24.6 Å². The van der Waals surface area contributed by atoms with E-state index in [1.165, 1.54) is 24.5 Å². The second kappa shape index (κ2) is 10.7. The highest BCUT2D eigenvalue weighted by atomic mass is 32.1. The molecule has 0 bridgehead atoms. The van der Waals surface area contributed by atoms with Gasteiger partial charge in [-0.25, -0.2) is 4.39 Å². The first kappa shape index (κ1) is 24.3. The van der Waals surface area contributed by atoms with Crippen molar-refractivity contribution in [2.45, 2.75) is 24.7 Å². The van der Waals surface area contributed by atoms with Gasteiger partial charge in [-0.05, 0) is 36.2 Å². The standard InChI is InChI=1S/C23H27FN8O3S/c1-34-16-12-32(13-16)18-10-14(5-6-17(18)24)20(35-2)21(33)27-23-30-29-22(36-23)26-15-7-9-31(11-15)19-4-3-8-25-28-19/h3-6,8,10,15-16,20H,7,9,11-13H2,1-2H3,(H,26,29)(H,27,30,33)/t15-,20-/m1/s1. The summed E-state index contributed by atoms with van der Waals surface area (Å²) in [5, 5.41) is 23.4. The zero-order valence-corrected chi connectivity index (χ0v) is 20.7.